The number of rotatable bonds is 2. The molecule has 11 heavy (non-hydrogen) atoms. The second kappa shape index (κ2) is 3.41. The molecule has 0 aliphatic heterocycles. The van der Waals surface area contributed by atoms with Crippen LogP contribution in [0.2, 0.25) is 0 Å². The van der Waals surface area contributed by atoms with Crippen LogP contribution in [0.4, 0.5) is 13.2 Å². The minimum absolute atomic E-state index is 0.401. The maximum atomic E-state index is 11.4. The molecule has 0 unspecified atom stereocenters. The van der Waals surface area contributed by atoms with Crippen LogP contribution >= 0.6 is 0 Å². The SMILES string of the molecule is CC(=CCC(F)(F)F)C(=O)[O-]. The molecule has 0 aromatic carbocycles. The summed E-state index contributed by atoms with van der Waals surface area (Å²) in [6.07, 6.45) is -5.00. The predicted molar refractivity (Wildman–Crippen MR) is 29.4 cm³/mol. The molecule has 0 saturated heterocycles. The van der Waals surface area contributed by atoms with E-state index in [1.807, 2.05) is 0 Å². The zero-order chi connectivity index (χ0) is 9.07. The molecule has 0 spiro atoms. The largest absolute Gasteiger partial charge is 0.545 e. The van der Waals surface area contributed by atoms with Crippen LogP contribution in [0.15, 0.2) is 11.6 Å². The molecule has 0 saturated carbocycles. The molecule has 0 aliphatic carbocycles. The van der Waals surface area contributed by atoms with Crippen molar-refractivity contribution in [3.05, 3.63) is 11.6 Å². The van der Waals surface area contributed by atoms with Crippen LogP contribution in [0.3, 0.4) is 0 Å². The van der Waals surface area contributed by atoms with Crippen molar-refractivity contribution >= 4 is 5.97 Å². The Bertz CT molecular complexity index is 181. The van der Waals surface area contributed by atoms with E-state index in [1.54, 1.807) is 0 Å². The summed E-state index contributed by atoms with van der Waals surface area (Å²) in [6.45, 7) is 1.06. The van der Waals surface area contributed by atoms with Gasteiger partial charge in [-0.25, -0.2) is 0 Å². The molecule has 0 bridgehead atoms. The third-order valence-electron chi connectivity index (χ3n) is 0.962. The molecule has 0 amide bonds. The zero-order valence-corrected chi connectivity index (χ0v) is 5.73. The highest BCUT2D eigenvalue weighted by molar-refractivity contribution is 5.83. The van der Waals surface area contributed by atoms with Gasteiger partial charge >= 0.3 is 6.18 Å². The number of aliphatic carboxylic acids is 1. The summed E-state index contributed by atoms with van der Waals surface area (Å²) in [4.78, 5) is 9.87. The van der Waals surface area contributed by atoms with Crippen LogP contribution in [0.1, 0.15) is 13.3 Å². The van der Waals surface area contributed by atoms with Crippen molar-refractivity contribution in [3.8, 4) is 0 Å². The third kappa shape index (κ3) is 5.44. The number of carboxylic acid groups (broad SMARTS) is 1. The maximum Gasteiger partial charge on any atom is 0.392 e. The molecule has 0 aromatic rings. The van der Waals surface area contributed by atoms with Gasteiger partial charge in [-0.05, 0) is 12.5 Å². The second-order valence-corrected chi connectivity index (χ2v) is 1.99. The average Bonchev–Trinajstić information content (AvgIpc) is 1.80. The van der Waals surface area contributed by atoms with Crippen LogP contribution in [-0.4, -0.2) is 12.1 Å². The summed E-state index contributed by atoms with van der Waals surface area (Å²) < 4.78 is 34.3. The lowest BCUT2D eigenvalue weighted by Crippen LogP contribution is -2.23. The van der Waals surface area contributed by atoms with E-state index in [2.05, 4.69) is 0 Å². The van der Waals surface area contributed by atoms with Gasteiger partial charge in [0.05, 0.1) is 12.4 Å². The molecule has 0 aliphatic rings. The zero-order valence-electron chi connectivity index (χ0n) is 5.73. The van der Waals surface area contributed by atoms with Crippen molar-refractivity contribution in [2.24, 2.45) is 0 Å². The average molecular weight is 167 g/mol. The molecular weight excluding hydrogens is 161 g/mol. The quantitative estimate of drug-likeness (QED) is 0.566. The molecule has 0 radical (unpaired) electrons. The van der Waals surface area contributed by atoms with E-state index in [0.717, 1.165) is 6.92 Å². The highest BCUT2D eigenvalue weighted by Gasteiger charge is 2.24. The molecule has 0 aromatic heterocycles. The minimum Gasteiger partial charge on any atom is -0.545 e. The Morgan fingerprint density at radius 1 is 1.55 bits per heavy atom. The van der Waals surface area contributed by atoms with Crippen molar-refractivity contribution in [2.45, 2.75) is 19.5 Å². The Labute approximate surface area is 61.3 Å². The van der Waals surface area contributed by atoms with Gasteiger partial charge < -0.3 is 9.90 Å². The van der Waals surface area contributed by atoms with E-state index in [1.165, 1.54) is 0 Å². The van der Waals surface area contributed by atoms with Gasteiger partial charge in [0.1, 0.15) is 0 Å². The van der Waals surface area contributed by atoms with Crippen LogP contribution in [0.5, 0.6) is 0 Å². The van der Waals surface area contributed by atoms with Crippen molar-refractivity contribution < 1.29 is 23.1 Å². The second-order valence-electron chi connectivity index (χ2n) is 1.99. The number of carbonyl (C=O) groups excluding carboxylic acids is 1. The summed E-state index contributed by atoms with van der Waals surface area (Å²) >= 11 is 0. The summed E-state index contributed by atoms with van der Waals surface area (Å²) in [7, 11) is 0. The number of carbonyl (C=O) groups is 1. The van der Waals surface area contributed by atoms with Crippen molar-refractivity contribution in [1.29, 1.82) is 0 Å². The minimum atomic E-state index is -4.35. The number of hydrogen-bond acceptors (Lipinski definition) is 2. The van der Waals surface area contributed by atoms with Gasteiger partial charge in [0.2, 0.25) is 0 Å². The molecule has 0 heterocycles. The monoisotopic (exact) mass is 167 g/mol. The number of halogens is 3. The molecular formula is C6H6F3O2-. The Morgan fingerprint density at radius 3 is 2.27 bits per heavy atom. The predicted octanol–water partition coefficient (Wildman–Crippen LogP) is 0.635. The fourth-order valence-electron chi connectivity index (χ4n) is 0.352. The van der Waals surface area contributed by atoms with E-state index in [0.29, 0.717) is 6.08 Å². The normalized spacial score (nSPS) is 13.3. The lowest BCUT2D eigenvalue weighted by Gasteiger charge is -2.04. The van der Waals surface area contributed by atoms with E-state index in [9.17, 15) is 23.1 Å². The van der Waals surface area contributed by atoms with Crippen LogP contribution in [-0.2, 0) is 4.79 Å². The standard InChI is InChI=1S/C6H7F3O2/c1-4(5(10)11)2-3-6(7,8)9/h2H,3H2,1H3,(H,10,11)/p-1. The van der Waals surface area contributed by atoms with Crippen LogP contribution < -0.4 is 5.11 Å². The smallest absolute Gasteiger partial charge is 0.392 e. The Kier molecular flexibility index (Phi) is 3.10. The molecule has 0 N–H and O–H groups in total. The van der Waals surface area contributed by atoms with Crippen LogP contribution in [0, 0.1) is 0 Å². The Balaban J connectivity index is 4.04. The number of alkyl halides is 3. The van der Waals surface area contributed by atoms with Crippen molar-refractivity contribution in [3.63, 3.8) is 0 Å². The number of hydrogen-bond donors (Lipinski definition) is 0. The van der Waals surface area contributed by atoms with Gasteiger partial charge in [0.25, 0.3) is 0 Å². The molecule has 5 heteroatoms. The van der Waals surface area contributed by atoms with Gasteiger partial charge in [-0.2, -0.15) is 13.2 Å². The molecule has 0 fully saturated rings. The number of allylic oxidation sites excluding steroid dienone is 1. The van der Waals surface area contributed by atoms with E-state index < -0.39 is 24.1 Å². The summed E-state index contributed by atoms with van der Waals surface area (Å²) in [5.74, 6) is -1.57. The van der Waals surface area contributed by atoms with Gasteiger partial charge in [-0.1, -0.05) is 6.08 Å². The highest BCUT2D eigenvalue weighted by atomic mass is 19.4. The summed E-state index contributed by atoms with van der Waals surface area (Å²) in [6, 6.07) is 0. The first kappa shape index (κ1) is 10.0. The first-order chi connectivity index (χ1) is 4.83. The first-order valence-electron chi connectivity index (χ1n) is 2.78. The first-order valence-corrected chi connectivity index (χ1v) is 2.78. The third-order valence-corrected chi connectivity index (χ3v) is 0.962. The summed E-state index contributed by atoms with van der Waals surface area (Å²) in [5.41, 5.74) is -0.401. The Morgan fingerprint density at radius 2 is 2.00 bits per heavy atom. The van der Waals surface area contributed by atoms with E-state index >= 15 is 0 Å². The fraction of sp³-hybridized carbons (Fsp3) is 0.500. The van der Waals surface area contributed by atoms with Gasteiger partial charge in [-0.15, -0.1) is 0 Å². The molecule has 0 atom stereocenters. The van der Waals surface area contributed by atoms with E-state index in [4.69, 9.17) is 0 Å². The van der Waals surface area contributed by atoms with Crippen LogP contribution in [0.25, 0.3) is 0 Å². The molecule has 2 nitrogen and oxygen atoms in total. The molecule has 0 rings (SSSR count). The van der Waals surface area contributed by atoms with Gasteiger partial charge in [0, 0.05) is 0 Å². The van der Waals surface area contributed by atoms with Gasteiger partial charge in [-0.3, -0.25) is 0 Å². The summed E-state index contributed by atoms with van der Waals surface area (Å²) in [5, 5.41) is 9.87. The van der Waals surface area contributed by atoms with E-state index in [-0.39, 0.29) is 0 Å². The lowest BCUT2D eigenvalue weighted by atomic mass is 10.2. The highest BCUT2D eigenvalue weighted by Crippen LogP contribution is 2.20. The lowest BCUT2D eigenvalue weighted by molar-refractivity contribution is -0.299. The maximum absolute atomic E-state index is 11.4. The molecule has 64 valence electrons. The fourth-order valence-corrected chi connectivity index (χ4v) is 0.352. The van der Waals surface area contributed by atoms with Crippen molar-refractivity contribution in [2.75, 3.05) is 0 Å². The number of carboxylic acids is 1. The topological polar surface area (TPSA) is 40.1 Å². The van der Waals surface area contributed by atoms with Crippen molar-refractivity contribution in [1.82, 2.24) is 0 Å². The van der Waals surface area contributed by atoms with Gasteiger partial charge in [0.15, 0.2) is 0 Å². The Hall–Kier alpha value is -1.00.